The van der Waals surface area contributed by atoms with Gasteiger partial charge in [0.1, 0.15) is 5.78 Å². The summed E-state index contributed by atoms with van der Waals surface area (Å²) in [5.41, 5.74) is 0.849. The molecule has 4 heteroatoms. The predicted octanol–water partition coefficient (Wildman–Crippen LogP) is 1.51. The highest BCUT2D eigenvalue weighted by Crippen LogP contribution is 2.23. The number of Topliss-reactive ketones (excluding diaryl/α,β-unsaturated/α-hetero) is 1. The Balaban J connectivity index is 2.27. The van der Waals surface area contributed by atoms with E-state index >= 15 is 0 Å². The molecule has 0 unspecified atom stereocenters. The number of hydrogen-bond acceptors (Lipinski definition) is 3. The monoisotopic (exact) mass is 231 g/mol. The molecule has 0 saturated heterocycles. The van der Waals surface area contributed by atoms with Crippen LogP contribution in [-0.2, 0) is 4.79 Å². The van der Waals surface area contributed by atoms with Gasteiger partial charge in [-0.3, -0.25) is 19.3 Å². The quantitative estimate of drug-likeness (QED) is 0.741. The number of benzene rings is 1. The summed E-state index contributed by atoms with van der Waals surface area (Å²) < 4.78 is 0. The lowest BCUT2D eigenvalue weighted by Crippen LogP contribution is -2.35. The number of rotatable bonds is 3. The number of nitrogens with zero attached hydrogens (tertiary/aromatic N) is 1. The van der Waals surface area contributed by atoms with Crippen molar-refractivity contribution in [2.24, 2.45) is 5.92 Å². The second kappa shape index (κ2) is 4.13. The van der Waals surface area contributed by atoms with Gasteiger partial charge in [0.25, 0.3) is 11.8 Å². The summed E-state index contributed by atoms with van der Waals surface area (Å²) in [6.45, 7) is 3.33. The number of amides is 2. The van der Waals surface area contributed by atoms with Crippen molar-refractivity contribution >= 4 is 17.6 Å². The lowest BCUT2D eigenvalue weighted by molar-refractivity contribution is -0.120. The van der Waals surface area contributed by atoms with E-state index in [1.807, 2.05) is 0 Å². The van der Waals surface area contributed by atoms with Crippen molar-refractivity contribution in [2.45, 2.75) is 13.8 Å². The molecule has 0 saturated carbocycles. The molecule has 2 rings (SSSR count). The Morgan fingerprint density at radius 3 is 2.06 bits per heavy atom. The Bertz CT molecular complexity index is 472. The Labute approximate surface area is 99.2 Å². The molecular formula is C13H13NO3. The summed E-state index contributed by atoms with van der Waals surface area (Å²) in [7, 11) is 0. The van der Waals surface area contributed by atoms with Crippen molar-refractivity contribution in [3.63, 3.8) is 0 Å². The molecule has 0 bridgehead atoms. The Morgan fingerprint density at radius 2 is 1.65 bits per heavy atom. The van der Waals surface area contributed by atoms with E-state index in [1.165, 1.54) is 6.92 Å². The normalized spacial score (nSPS) is 16.0. The SMILES string of the molecule is CC(=O)[C@H](C)CN1C(=O)c2ccccc2C1=O. The number of hydrogen-bond donors (Lipinski definition) is 0. The minimum Gasteiger partial charge on any atom is -0.300 e. The van der Waals surface area contributed by atoms with Crippen molar-refractivity contribution in [3.8, 4) is 0 Å². The van der Waals surface area contributed by atoms with Gasteiger partial charge in [0, 0.05) is 12.5 Å². The van der Waals surface area contributed by atoms with E-state index in [-0.39, 0.29) is 30.1 Å². The molecule has 1 aromatic carbocycles. The molecule has 0 spiro atoms. The average Bonchev–Trinajstić information content (AvgIpc) is 2.55. The van der Waals surface area contributed by atoms with Crippen LogP contribution in [0.3, 0.4) is 0 Å². The Hall–Kier alpha value is -1.97. The second-order valence-electron chi connectivity index (χ2n) is 4.28. The molecular weight excluding hydrogens is 218 g/mol. The second-order valence-corrected chi connectivity index (χ2v) is 4.28. The molecule has 1 aliphatic rings. The molecule has 1 atom stereocenters. The van der Waals surface area contributed by atoms with Gasteiger partial charge in [0.2, 0.25) is 0 Å². The van der Waals surface area contributed by atoms with Gasteiger partial charge in [-0.1, -0.05) is 19.1 Å². The van der Waals surface area contributed by atoms with Crippen molar-refractivity contribution < 1.29 is 14.4 Å². The van der Waals surface area contributed by atoms with Gasteiger partial charge in [0.05, 0.1) is 11.1 Å². The van der Waals surface area contributed by atoms with Crippen LogP contribution in [0.2, 0.25) is 0 Å². The Morgan fingerprint density at radius 1 is 1.18 bits per heavy atom. The fourth-order valence-electron chi connectivity index (χ4n) is 1.81. The maximum absolute atomic E-state index is 12.0. The van der Waals surface area contributed by atoms with Gasteiger partial charge in [-0.05, 0) is 19.1 Å². The largest absolute Gasteiger partial charge is 0.300 e. The van der Waals surface area contributed by atoms with Crippen molar-refractivity contribution in [1.29, 1.82) is 0 Å². The molecule has 1 heterocycles. The maximum atomic E-state index is 12.0. The summed E-state index contributed by atoms with van der Waals surface area (Å²) in [5, 5.41) is 0. The highest BCUT2D eigenvalue weighted by atomic mass is 16.2. The third-order valence-corrected chi connectivity index (χ3v) is 3.03. The molecule has 4 nitrogen and oxygen atoms in total. The highest BCUT2D eigenvalue weighted by Gasteiger charge is 2.36. The molecule has 17 heavy (non-hydrogen) atoms. The predicted molar refractivity (Wildman–Crippen MR) is 61.7 cm³/mol. The number of carbonyl (C=O) groups is 3. The first kappa shape index (κ1) is 11.5. The number of fused-ring (bicyclic) bond motifs is 1. The lowest BCUT2D eigenvalue weighted by Gasteiger charge is -2.17. The van der Waals surface area contributed by atoms with Gasteiger partial charge in [-0.25, -0.2) is 0 Å². The first-order valence-electron chi connectivity index (χ1n) is 5.48. The van der Waals surface area contributed by atoms with E-state index in [9.17, 15) is 14.4 Å². The molecule has 0 aromatic heterocycles. The fourth-order valence-corrected chi connectivity index (χ4v) is 1.81. The smallest absolute Gasteiger partial charge is 0.261 e. The van der Waals surface area contributed by atoms with Gasteiger partial charge >= 0.3 is 0 Å². The average molecular weight is 231 g/mol. The van der Waals surface area contributed by atoms with E-state index in [4.69, 9.17) is 0 Å². The lowest BCUT2D eigenvalue weighted by atomic mass is 10.1. The third-order valence-electron chi connectivity index (χ3n) is 3.03. The molecule has 88 valence electrons. The van der Waals surface area contributed by atoms with E-state index in [2.05, 4.69) is 0 Å². The molecule has 1 aromatic rings. The van der Waals surface area contributed by atoms with Gasteiger partial charge in [-0.2, -0.15) is 0 Å². The zero-order valence-electron chi connectivity index (χ0n) is 9.77. The van der Waals surface area contributed by atoms with Crippen LogP contribution in [0, 0.1) is 5.92 Å². The summed E-state index contributed by atoms with van der Waals surface area (Å²) >= 11 is 0. The molecule has 0 aliphatic carbocycles. The van der Waals surface area contributed by atoms with Crippen molar-refractivity contribution in [2.75, 3.05) is 6.54 Å². The van der Waals surface area contributed by atoms with Crippen molar-refractivity contribution in [1.82, 2.24) is 4.90 Å². The summed E-state index contributed by atoms with van der Waals surface area (Å²) in [6, 6.07) is 6.71. The Kier molecular flexibility index (Phi) is 2.79. The minimum absolute atomic E-state index is 0.0263. The van der Waals surface area contributed by atoms with Gasteiger partial charge < -0.3 is 0 Å². The zero-order valence-corrected chi connectivity index (χ0v) is 9.77. The number of imide groups is 1. The molecule has 1 aliphatic heterocycles. The van der Waals surface area contributed by atoms with Crippen molar-refractivity contribution in [3.05, 3.63) is 35.4 Å². The van der Waals surface area contributed by atoms with E-state index < -0.39 is 0 Å². The molecule has 0 N–H and O–H groups in total. The molecule has 0 radical (unpaired) electrons. The third kappa shape index (κ3) is 1.86. The maximum Gasteiger partial charge on any atom is 0.261 e. The summed E-state index contributed by atoms with van der Waals surface area (Å²) in [5.74, 6) is -0.962. The summed E-state index contributed by atoms with van der Waals surface area (Å²) in [4.78, 5) is 36.2. The number of ketones is 1. The van der Waals surface area contributed by atoms with Crippen LogP contribution in [0.1, 0.15) is 34.6 Å². The highest BCUT2D eigenvalue weighted by molar-refractivity contribution is 6.21. The standard InChI is InChI=1S/C13H13NO3/c1-8(9(2)15)7-14-12(16)10-5-3-4-6-11(10)13(14)17/h3-6,8H,7H2,1-2H3/t8-/m1/s1. The van der Waals surface area contributed by atoms with Crippen LogP contribution in [0.4, 0.5) is 0 Å². The van der Waals surface area contributed by atoms with Gasteiger partial charge in [-0.15, -0.1) is 0 Å². The van der Waals surface area contributed by atoms with Crippen LogP contribution < -0.4 is 0 Å². The molecule has 2 amide bonds. The van der Waals surface area contributed by atoms with Crippen LogP contribution in [0.5, 0.6) is 0 Å². The molecule has 0 fully saturated rings. The topological polar surface area (TPSA) is 54.5 Å². The van der Waals surface area contributed by atoms with E-state index in [0.717, 1.165) is 4.90 Å². The zero-order chi connectivity index (χ0) is 12.6. The van der Waals surface area contributed by atoms with E-state index in [0.29, 0.717) is 11.1 Å². The van der Waals surface area contributed by atoms with Crippen LogP contribution in [0.15, 0.2) is 24.3 Å². The van der Waals surface area contributed by atoms with Crippen LogP contribution in [-0.4, -0.2) is 29.0 Å². The minimum atomic E-state index is -0.322. The first-order valence-corrected chi connectivity index (χ1v) is 5.48. The fraction of sp³-hybridized carbons (Fsp3) is 0.308. The number of carbonyl (C=O) groups excluding carboxylic acids is 3. The van der Waals surface area contributed by atoms with Crippen LogP contribution in [0.25, 0.3) is 0 Å². The summed E-state index contributed by atoms with van der Waals surface area (Å²) in [6.07, 6.45) is 0. The van der Waals surface area contributed by atoms with E-state index in [1.54, 1.807) is 31.2 Å². The van der Waals surface area contributed by atoms with Crippen LogP contribution >= 0.6 is 0 Å². The van der Waals surface area contributed by atoms with Gasteiger partial charge in [0.15, 0.2) is 0 Å². The first-order chi connectivity index (χ1) is 8.02.